The second-order valence-electron chi connectivity index (χ2n) is 4.91. The first-order valence-corrected chi connectivity index (χ1v) is 6.04. The lowest BCUT2D eigenvalue weighted by molar-refractivity contribution is 0.242. The summed E-state index contributed by atoms with van der Waals surface area (Å²) < 4.78 is 6.51. The molecule has 0 aliphatic carbocycles. The first-order valence-electron chi connectivity index (χ1n) is 5.25. The Labute approximate surface area is 105 Å². The van der Waals surface area contributed by atoms with E-state index in [0.717, 1.165) is 10.9 Å². The summed E-state index contributed by atoms with van der Waals surface area (Å²) in [5.74, 6) is 0.662. The quantitative estimate of drug-likeness (QED) is 0.834. The lowest BCUT2D eigenvalue weighted by Crippen LogP contribution is -2.11. The number of nitriles is 1. The molecule has 86 valence electrons. The highest BCUT2D eigenvalue weighted by Crippen LogP contribution is 2.24. The molecule has 16 heavy (non-hydrogen) atoms. The van der Waals surface area contributed by atoms with Crippen LogP contribution in [0.4, 0.5) is 0 Å². The predicted molar refractivity (Wildman–Crippen MR) is 68.4 cm³/mol. The van der Waals surface area contributed by atoms with Crippen molar-refractivity contribution in [2.75, 3.05) is 6.61 Å². The van der Waals surface area contributed by atoms with Crippen molar-refractivity contribution in [2.24, 2.45) is 5.41 Å². The van der Waals surface area contributed by atoms with Gasteiger partial charge in [-0.05, 0) is 30.0 Å². The van der Waals surface area contributed by atoms with Crippen molar-refractivity contribution in [3.63, 3.8) is 0 Å². The molecule has 0 bridgehead atoms. The molecule has 1 aromatic rings. The second-order valence-corrected chi connectivity index (χ2v) is 5.83. The molecule has 0 radical (unpaired) electrons. The molecule has 0 aromatic heterocycles. The molecule has 0 N–H and O–H groups in total. The van der Waals surface area contributed by atoms with E-state index in [1.54, 1.807) is 6.07 Å². The van der Waals surface area contributed by atoms with Crippen molar-refractivity contribution in [1.82, 2.24) is 0 Å². The molecule has 0 saturated heterocycles. The number of benzene rings is 1. The van der Waals surface area contributed by atoms with Gasteiger partial charge in [0.15, 0.2) is 0 Å². The van der Waals surface area contributed by atoms with Crippen LogP contribution in [0.2, 0.25) is 0 Å². The van der Waals surface area contributed by atoms with Gasteiger partial charge in [-0.25, -0.2) is 0 Å². The fraction of sp³-hybridized carbons (Fsp3) is 0.462. The number of hydrogen-bond donors (Lipinski definition) is 0. The van der Waals surface area contributed by atoms with E-state index in [4.69, 9.17) is 10.00 Å². The van der Waals surface area contributed by atoms with Crippen LogP contribution in [0.1, 0.15) is 32.8 Å². The van der Waals surface area contributed by atoms with E-state index in [9.17, 15) is 0 Å². The molecule has 1 aromatic carbocycles. The van der Waals surface area contributed by atoms with Gasteiger partial charge in [-0.2, -0.15) is 5.26 Å². The Morgan fingerprint density at radius 3 is 2.62 bits per heavy atom. The van der Waals surface area contributed by atoms with Crippen LogP contribution >= 0.6 is 15.9 Å². The summed E-state index contributed by atoms with van der Waals surface area (Å²) in [5.41, 5.74) is 0.825. The average Bonchev–Trinajstić information content (AvgIpc) is 2.18. The highest BCUT2D eigenvalue weighted by Gasteiger charge is 2.11. The van der Waals surface area contributed by atoms with Crippen LogP contribution in [0.15, 0.2) is 22.7 Å². The van der Waals surface area contributed by atoms with Gasteiger partial charge in [0.1, 0.15) is 11.8 Å². The van der Waals surface area contributed by atoms with Gasteiger partial charge >= 0.3 is 0 Å². The van der Waals surface area contributed by atoms with Crippen LogP contribution in [-0.4, -0.2) is 6.61 Å². The van der Waals surface area contributed by atoms with Gasteiger partial charge in [0.2, 0.25) is 0 Å². The van der Waals surface area contributed by atoms with Gasteiger partial charge in [0.05, 0.1) is 12.2 Å². The van der Waals surface area contributed by atoms with Crippen LogP contribution in [0, 0.1) is 16.7 Å². The minimum Gasteiger partial charge on any atom is -0.492 e. The van der Waals surface area contributed by atoms with Gasteiger partial charge in [0, 0.05) is 4.47 Å². The number of nitrogens with zero attached hydrogens (tertiary/aromatic N) is 1. The third kappa shape index (κ3) is 4.24. The summed E-state index contributed by atoms with van der Waals surface area (Å²) in [7, 11) is 0. The maximum Gasteiger partial charge on any atom is 0.137 e. The molecule has 0 fully saturated rings. The fourth-order valence-corrected chi connectivity index (χ4v) is 1.54. The lowest BCUT2D eigenvalue weighted by atomic mass is 9.93. The van der Waals surface area contributed by atoms with E-state index >= 15 is 0 Å². The van der Waals surface area contributed by atoms with Crippen molar-refractivity contribution in [2.45, 2.75) is 27.2 Å². The molecule has 2 nitrogen and oxygen atoms in total. The van der Waals surface area contributed by atoms with E-state index < -0.39 is 0 Å². The fourth-order valence-electron chi connectivity index (χ4n) is 1.18. The van der Waals surface area contributed by atoms with Crippen molar-refractivity contribution < 1.29 is 4.74 Å². The third-order valence-corrected chi connectivity index (χ3v) is 2.66. The maximum absolute atomic E-state index is 8.95. The zero-order valence-corrected chi connectivity index (χ0v) is 11.5. The summed E-state index contributed by atoms with van der Waals surface area (Å²) >= 11 is 3.33. The van der Waals surface area contributed by atoms with E-state index in [2.05, 4.69) is 42.8 Å². The van der Waals surface area contributed by atoms with Crippen LogP contribution in [0.25, 0.3) is 0 Å². The molecule has 0 saturated carbocycles. The van der Waals surface area contributed by atoms with Crippen molar-refractivity contribution in [3.05, 3.63) is 28.2 Å². The van der Waals surface area contributed by atoms with Crippen LogP contribution in [-0.2, 0) is 0 Å². The lowest BCUT2D eigenvalue weighted by Gasteiger charge is -2.18. The first-order chi connectivity index (χ1) is 7.42. The topological polar surface area (TPSA) is 33.0 Å². The Morgan fingerprint density at radius 2 is 2.06 bits per heavy atom. The molecule has 0 unspecified atom stereocenters. The normalized spacial score (nSPS) is 10.9. The zero-order chi connectivity index (χ0) is 12.2. The van der Waals surface area contributed by atoms with Gasteiger partial charge in [-0.1, -0.05) is 36.7 Å². The van der Waals surface area contributed by atoms with Crippen molar-refractivity contribution >= 4 is 15.9 Å². The van der Waals surface area contributed by atoms with Gasteiger partial charge < -0.3 is 4.74 Å². The molecule has 0 spiro atoms. The standard InChI is InChI=1S/C13H16BrNO/c1-13(2,3)6-7-16-12-5-4-11(14)8-10(12)9-15/h4-5,8H,6-7H2,1-3H3. The summed E-state index contributed by atoms with van der Waals surface area (Å²) in [5, 5.41) is 8.95. The molecule has 0 amide bonds. The van der Waals surface area contributed by atoms with Crippen LogP contribution in [0.5, 0.6) is 5.75 Å². The molecule has 0 aliphatic rings. The van der Waals surface area contributed by atoms with E-state index in [0.29, 0.717) is 17.9 Å². The zero-order valence-electron chi connectivity index (χ0n) is 9.88. The Hall–Kier alpha value is -1.01. The minimum atomic E-state index is 0.252. The summed E-state index contributed by atoms with van der Waals surface area (Å²) in [4.78, 5) is 0. The summed E-state index contributed by atoms with van der Waals surface area (Å²) in [6, 6.07) is 7.61. The van der Waals surface area contributed by atoms with Crippen molar-refractivity contribution in [3.8, 4) is 11.8 Å². The first kappa shape index (κ1) is 13.1. The third-order valence-electron chi connectivity index (χ3n) is 2.17. The van der Waals surface area contributed by atoms with Gasteiger partial charge in [-0.15, -0.1) is 0 Å². The molecule has 0 atom stereocenters. The van der Waals surface area contributed by atoms with E-state index in [-0.39, 0.29) is 5.41 Å². The molecule has 3 heteroatoms. The van der Waals surface area contributed by atoms with Gasteiger partial charge in [-0.3, -0.25) is 0 Å². The Kier molecular flexibility index (Phi) is 4.37. The molecular formula is C13H16BrNO. The van der Waals surface area contributed by atoms with Crippen LogP contribution in [0.3, 0.4) is 0 Å². The smallest absolute Gasteiger partial charge is 0.137 e. The molecule has 1 rings (SSSR count). The molecule has 0 aliphatic heterocycles. The van der Waals surface area contributed by atoms with E-state index in [1.807, 2.05) is 12.1 Å². The number of rotatable bonds is 3. The number of halogens is 1. The molecular weight excluding hydrogens is 266 g/mol. The number of ether oxygens (including phenoxy) is 1. The number of hydrogen-bond acceptors (Lipinski definition) is 2. The minimum absolute atomic E-state index is 0.252. The molecule has 0 heterocycles. The monoisotopic (exact) mass is 281 g/mol. The highest BCUT2D eigenvalue weighted by atomic mass is 79.9. The largest absolute Gasteiger partial charge is 0.492 e. The SMILES string of the molecule is CC(C)(C)CCOc1ccc(Br)cc1C#N. The average molecular weight is 282 g/mol. The van der Waals surface area contributed by atoms with Crippen LogP contribution < -0.4 is 4.74 Å². The summed E-state index contributed by atoms with van der Waals surface area (Å²) in [6.07, 6.45) is 0.966. The Balaban J connectivity index is 2.65. The van der Waals surface area contributed by atoms with Gasteiger partial charge in [0.25, 0.3) is 0 Å². The highest BCUT2D eigenvalue weighted by molar-refractivity contribution is 9.10. The van der Waals surface area contributed by atoms with E-state index in [1.165, 1.54) is 0 Å². The van der Waals surface area contributed by atoms with Crippen molar-refractivity contribution in [1.29, 1.82) is 5.26 Å². The summed E-state index contributed by atoms with van der Waals surface area (Å²) in [6.45, 7) is 7.15. The Morgan fingerprint density at radius 1 is 1.38 bits per heavy atom. The maximum atomic E-state index is 8.95. The predicted octanol–water partition coefficient (Wildman–Crippen LogP) is 4.14. The second kappa shape index (κ2) is 5.36. The Bertz CT molecular complexity index is 401.